The summed E-state index contributed by atoms with van der Waals surface area (Å²) >= 11 is 0. The minimum Gasteiger partial charge on any atom is -0.378 e. The van der Waals surface area contributed by atoms with Crippen LogP contribution in [0.2, 0.25) is 0 Å². The van der Waals surface area contributed by atoms with Crippen molar-refractivity contribution >= 4 is 6.29 Å². The number of hydrogen-bond acceptors (Lipinski definition) is 4. The first-order valence-electron chi connectivity index (χ1n) is 4.52. The number of ether oxygens (including phenoxy) is 3. The first-order chi connectivity index (χ1) is 6.91. The van der Waals surface area contributed by atoms with Gasteiger partial charge in [0.05, 0.1) is 33.0 Å². The Morgan fingerprint density at radius 1 is 1.00 bits per heavy atom. The molecule has 4 heteroatoms. The van der Waals surface area contributed by atoms with Crippen molar-refractivity contribution in [2.45, 2.75) is 6.42 Å². The molecular weight excluding hydrogens is 184 g/mol. The molecule has 0 radical (unpaired) electrons. The topological polar surface area (TPSA) is 44.8 Å². The summed E-state index contributed by atoms with van der Waals surface area (Å²) in [5, 5.41) is 0. The third-order valence-electron chi connectivity index (χ3n) is 1.32. The average molecular weight is 200 g/mol. The van der Waals surface area contributed by atoms with Crippen LogP contribution in [0.3, 0.4) is 0 Å². The molecule has 0 saturated heterocycles. The van der Waals surface area contributed by atoms with Crippen molar-refractivity contribution < 1.29 is 19.0 Å². The van der Waals surface area contributed by atoms with Crippen molar-refractivity contribution in [2.24, 2.45) is 0 Å². The van der Waals surface area contributed by atoms with Gasteiger partial charge in [-0.15, -0.1) is 12.3 Å². The van der Waals surface area contributed by atoms with Crippen LogP contribution in [0.15, 0.2) is 0 Å². The van der Waals surface area contributed by atoms with Crippen LogP contribution in [0.4, 0.5) is 0 Å². The Morgan fingerprint density at radius 3 is 2.14 bits per heavy atom. The number of terminal acetylenes is 1. The lowest BCUT2D eigenvalue weighted by Gasteiger charge is -2.04. The Balaban J connectivity index is 2.85. The quantitative estimate of drug-likeness (QED) is 0.288. The van der Waals surface area contributed by atoms with E-state index in [1.807, 2.05) is 0 Å². The monoisotopic (exact) mass is 200 g/mol. The molecule has 80 valence electrons. The zero-order chi connectivity index (χ0) is 10.5. The Bertz CT molecular complexity index is 162. The third kappa shape index (κ3) is 11.1. The predicted octanol–water partition coefficient (Wildman–Crippen LogP) is 0.258. The summed E-state index contributed by atoms with van der Waals surface area (Å²) in [6.45, 7) is 2.67. The molecule has 14 heavy (non-hydrogen) atoms. The largest absolute Gasteiger partial charge is 0.378 e. The van der Waals surface area contributed by atoms with Crippen LogP contribution in [0.1, 0.15) is 6.42 Å². The maximum atomic E-state index is 9.84. The van der Waals surface area contributed by atoms with Crippen molar-refractivity contribution in [1.82, 2.24) is 0 Å². The van der Waals surface area contributed by atoms with E-state index in [1.165, 1.54) is 0 Å². The molecule has 0 aromatic heterocycles. The Labute approximate surface area is 84.5 Å². The molecular formula is C10H16O4. The lowest BCUT2D eigenvalue weighted by Crippen LogP contribution is -2.10. The summed E-state index contributed by atoms with van der Waals surface area (Å²) in [6.07, 6.45) is 6.37. The van der Waals surface area contributed by atoms with Gasteiger partial charge >= 0.3 is 0 Å². The molecule has 0 bridgehead atoms. The molecule has 0 atom stereocenters. The lowest BCUT2D eigenvalue weighted by molar-refractivity contribution is -0.112. The Morgan fingerprint density at radius 2 is 1.57 bits per heavy atom. The van der Waals surface area contributed by atoms with Crippen LogP contribution in [-0.4, -0.2) is 45.9 Å². The van der Waals surface area contributed by atoms with Crippen LogP contribution >= 0.6 is 0 Å². The molecule has 0 aliphatic heterocycles. The number of carbonyl (C=O) groups is 1. The maximum absolute atomic E-state index is 9.84. The van der Waals surface area contributed by atoms with Crippen molar-refractivity contribution in [3.8, 4) is 12.3 Å². The van der Waals surface area contributed by atoms with Gasteiger partial charge in [0.25, 0.3) is 0 Å². The highest BCUT2D eigenvalue weighted by Gasteiger charge is 1.89. The average Bonchev–Trinajstić information content (AvgIpc) is 2.21. The lowest BCUT2D eigenvalue weighted by atomic mass is 10.5. The van der Waals surface area contributed by atoms with E-state index in [2.05, 4.69) is 5.92 Å². The fourth-order valence-corrected chi connectivity index (χ4v) is 0.702. The van der Waals surface area contributed by atoms with Gasteiger partial charge in [-0.2, -0.15) is 0 Å². The minimum atomic E-state index is 0.127. The van der Waals surface area contributed by atoms with Crippen molar-refractivity contribution in [2.75, 3.05) is 39.6 Å². The number of rotatable bonds is 10. The summed E-state index contributed by atoms with van der Waals surface area (Å²) in [6, 6.07) is 0. The van der Waals surface area contributed by atoms with E-state index in [9.17, 15) is 4.79 Å². The summed E-state index contributed by atoms with van der Waals surface area (Å²) in [5.41, 5.74) is 0. The summed E-state index contributed by atoms with van der Waals surface area (Å²) in [5.74, 6) is 2.47. The molecule has 0 aromatic carbocycles. The fourth-order valence-electron chi connectivity index (χ4n) is 0.702. The predicted molar refractivity (Wildman–Crippen MR) is 52.0 cm³/mol. The van der Waals surface area contributed by atoms with E-state index in [0.29, 0.717) is 45.7 Å². The van der Waals surface area contributed by atoms with Gasteiger partial charge in [-0.3, -0.25) is 0 Å². The summed E-state index contributed by atoms with van der Waals surface area (Å²) in [4.78, 5) is 9.84. The number of aldehydes is 1. The van der Waals surface area contributed by atoms with Crippen molar-refractivity contribution in [3.05, 3.63) is 0 Å². The van der Waals surface area contributed by atoms with Crippen LogP contribution in [0.25, 0.3) is 0 Å². The molecule has 0 spiro atoms. The van der Waals surface area contributed by atoms with E-state index in [-0.39, 0.29) is 6.61 Å². The van der Waals surface area contributed by atoms with Crippen molar-refractivity contribution in [3.63, 3.8) is 0 Å². The van der Waals surface area contributed by atoms with Crippen LogP contribution in [-0.2, 0) is 19.0 Å². The van der Waals surface area contributed by atoms with E-state index in [1.54, 1.807) is 0 Å². The van der Waals surface area contributed by atoms with Gasteiger partial charge in [0.2, 0.25) is 0 Å². The molecule has 0 aliphatic rings. The molecule has 4 nitrogen and oxygen atoms in total. The summed E-state index contributed by atoms with van der Waals surface area (Å²) in [7, 11) is 0. The smallest absolute Gasteiger partial charge is 0.145 e. The molecule has 0 aliphatic carbocycles. The highest BCUT2D eigenvalue weighted by molar-refractivity contribution is 5.50. The molecule has 0 saturated carbocycles. The molecule has 0 N–H and O–H groups in total. The highest BCUT2D eigenvalue weighted by Crippen LogP contribution is 1.82. The van der Waals surface area contributed by atoms with Gasteiger partial charge < -0.3 is 19.0 Å². The SMILES string of the molecule is C#CCCOCCOCCOCC=O. The van der Waals surface area contributed by atoms with E-state index >= 15 is 0 Å². The minimum absolute atomic E-state index is 0.127. The molecule has 0 unspecified atom stereocenters. The highest BCUT2D eigenvalue weighted by atomic mass is 16.5. The Kier molecular flexibility index (Phi) is 11.3. The summed E-state index contributed by atoms with van der Waals surface area (Å²) < 4.78 is 15.1. The molecule has 0 fully saturated rings. The normalized spacial score (nSPS) is 9.64. The first kappa shape index (κ1) is 13.1. The van der Waals surface area contributed by atoms with Crippen LogP contribution in [0, 0.1) is 12.3 Å². The number of carbonyl (C=O) groups excluding carboxylic acids is 1. The molecule has 0 aromatic rings. The number of hydrogen-bond donors (Lipinski definition) is 0. The van der Waals surface area contributed by atoms with Gasteiger partial charge in [-0.25, -0.2) is 0 Å². The first-order valence-corrected chi connectivity index (χ1v) is 4.52. The van der Waals surface area contributed by atoms with Gasteiger partial charge in [-0.05, 0) is 0 Å². The third-order valence-corrected chi connectivity index (χ3v) is 1.32. The molecule has 0 amide bonds. The molecule has 0 rings (SSSR count). The van der Waals surface area contributed by atoms with Crippen molar-refractivity contribution in [1.29, 1.82) is 0 Å². The van der Waals surface area contributed by atoms with E-state index in [0.717, 1.165) is 0 Å². The second-order valence-electron chi connectivity index (χ2n) is 2.42. The maximum Gasteiger partial charge on any atom is 0.145 e. The van der Waals surface area contributed by atoms with E-state index < -0.39 is 0 Å². The molecule has 0 heterocycles. The van der Waals surface area contributed by atoms with Gasteiger partial charge in [0.15, 0.2) is 0 Å². The van der Waals surface area contributed by atoms with E-state index in [4.69, 9.17) is 20.6 Å². The van der Waals surface area contributed by atoms with Crippen LogP contribution in [0.5, 0.6) is 0 Å². The Hall–Kier alpha value is -0.890. The fraction of sp³-hybridized carbons (Fsp3) is 0.700. The van der Waals surface area contributed by atoms with Gasteiger partial charge in [-0.1, -0.05) is 0 Å². The second-order valence-corrected chi connectivity index (χ2v) is 2.42. The zero-order valence-corrected chi connectivity index (χ0v) is 8.24. The van der Waals surface area contributed by atoms with Crippen LogP contribution < -0.4 is 0 Å². The van der Waals surface area contributed by atoms with Gasteiger partial charge in [0.1, 0.15) is 12.9 Å². The van der Waals surface area contributed by atoms with Gasteiger partial charge in [0, 0.05) is 6.42 Å². The second kappa shape index (κ2) is 12.1. The zero-order valence-electron chi connectivity index (χ0n) is 8.24. The standard InChI is InChI=1S/C10H16O4/c1-2-3-5-12-7-9-14-10-8-13-6-4-11/h1,4H,3,5-10H2.